The Balaban J connectivity index is 1.15. The molecular formula is C46H42Cl3N7O2. The number of carbonyl (C=O) groups excluding carboxylic acids is 2. The number of amides is 3. The van der Waals surface area contributed by atoms with E-state index < -0.39 is 0 Å². The number of nitrogens with zero attached hydrogens (tertiary/aromatic N) is 4. The second kappa shape index (κ2) is 15.7. The number of likely N-dealkylation sites (tertiary alicyclic amines) is 1. The lowest BCUT2D eigenvalue weighted by molar-refractivity contribution is 0.102. The quantitative estimate of drug-likeness (QED) is 0.158. The molecule has 2 unspecified atom stereocenters. The van der Waals surface area contributed by atoms with Crippen LogP contribution in [0.2, 0.25) is 15.1 Å². The van der Waals surface area contributed by atoms with Crippen LogP contribution in [-0.2, 0) is 0 Å². The van der Waals surface area contributed by atoms with Crippen molar-refractivity contribution in [2.75, 3.05) is 36.4 Å². The van der Waals surface area contributed by atoms with E-state index in [0.29, 0.717) is 45.1 Å². The summed E-state index contributed by atoms with van der Waals surface area (Å²) in [4.78, 5) is 37.7. The van der Waals surface area contributed by atoms with Crippen molar-refractivity contribution < 1.29 is 9.59 Å². The van der Waals surface area contributed by atoms with Crippen molar-refractivity contribution in [1.29, 1.82) is 5.26 Å². The maximum Gasteiger partial charge on any atom is 0.317 e. The van der Waals surface area contributed by atoms with Crippen LogP contribution in [0.5, 0.6) is 0 Å². The highest BCUT2D eigenvalue weighted by atomic mass is 35.5. The van der Waals surface area contributed by atoms with Crippen molar-refractivity contribution in [3.63, 3.8) is 0 Å². The minimum Gasteiger partial charge on any atom is -0.370 e. The highest BCUT2D eigenvalue weighted by molar-refractivity contribution is 6.35. The van der Waals surface area contributed by atoms with Crippen LogP contribution in [0.3, 0.4) is 0 Å². The molecule has 2 fully saturated rings. The van der Waals surface area contributed by atoms with E-state index in [1.54, 1.807) is 18.2 Å². The molecule has 12 heteroatoms. The third kappa shape index (κ3) is 6.97. The molecule has 0 spiro atoms. The molecule has 4 aromatic carbocycles. The number of halogens is 3. The molecule has 4 aliphatic rings. The van der Waals surface area contributed by atoms with Crippen LogP contribution in [0, 0.1) is 17.2 Å². The predicted octanol–water partition coefficient (Wildman–Crippen LogP) is 10.9. The Hall–Kier alpha value is -5.40. The van der Waals surface area contributed by atoms with Gasteiger partial charge in [0.15, 0.2) is 0 Å². The second-order valence-corrected chi connectivity index (χ2v) is 16.9. The molecule has 3 N–H and O–H groups in total. The van der Waals surface area contributed by atoms with Crippen LogP contribution in [0.15, 0.2) is 91.1 Å². The zero-order valence-corrected chi connectivity index (χ0v) is 34.3. The van der Waals surface area contributed by atoms with Crippen molar-refractivity contribution in [1.82, 2.24) is 20.1 Å². The lowest BCUT2D eigenvalue weighted by atomic mass is 9.82. The van der Waals surface area contributed by atoms with E-state index in [0.717, 1.165) is 95.3 Å². The SMILES string of the molecule is CC1CC=CN2C(=C1c1ccccc1)c1c(C(=O)Nc3cc(C#N)ccc3N3CCC(NC(=O)N4CCCC4)CC3)[nH]c3cc(Cl)cc(c13)C2c1ccc(Cl)cc1Cl. The highest BCUT2D eigenvalue weighted by Gasteiger charge is 2.40. The number of piperidine rings is 1. The Bertz CT molecular complexity index is 2550. The smallest absolute Gasteiger partial charge is 0.317 e. The monoisotopic (exact) mass is 829 g/mol. The molecule has 2 saturated heterocycles. The fourth-order valence-corrected chi connectivity index (χ4v) is 9.96. The summed E-state index contributed by atoms with van der Waals surface area (Å²) < 4.78 is 0. The van der Waals surface area contributed by atoms with E-state index in [2.05, 4.69) is 62.8 Å². The molecular weight excluding hydrogens is 789 g/mol. The minimum atomic E-state index is -0.387. The fraction of sp³-hybridized carbons (Fsp3) is 0.283. The van der Waals surface area contributed by atoms with Crippen LogP contribution in [-0.4, -0.2) is 58.9 Å². The summed E-state index contributed by atoms with van der Waals surface area (Å²) in [7, 11) is 0. The average molecular weight is 831 g/mol. The van der Waals surface area contributed by atoms with Gasteiger partial charge in [0.05, 0.1) is 34.7 Å². The van der Waals surface area contributed by atoms with Crippen LogP contribution >= 0.6 is 34.8 Å². The van der Waals surface area contributed by atoms with Gasteiger partial charge in [-0.1, -0.05) is 84.2 Å². The number of benzene rings is 4. The molecule has 1 aromatic heterocycles. The third-order valence-electron chi connectivity index (χ3n) is 12.0. The zero-order valence-electron chi connectivity index (χ0n) is 32.0. The molecule has 4 aliphatic heterocycles. The van der Waals surface area contributed by atoms with Crippen molar-refractivity contribution in [3.8, 4) is 6.07 Å². The van der Waals surface area contributed by atoms with Gasteiger partial charge in [-0.2, -0.15) is 5.26 Å². The van der Waals surface area contributed by atoms with Crippen LogP contribution in [0.1, 0.15) is 83.4 Å². The number of allylic oxidation sites excluding steroid dienone is 2. The molecule has 5 heterocycles. The van der Waals surface area contributed by atoms with E-state index in [9.17, 15) is 10.1 Å². The van der Waals surface area contributed by atoms with Gasteiger partial charge in [-0.05, 0) is 103 Å². The average Bonchev–Trinajstić information content (AvgIpc) is 3.86. The van der Waals surface area contributed by atoms with Crippen molar-refractivity contribution >= 4 is 80.3 Å². The van der Waals surface area contributed by atoms with Gasteiger partial charge >= 0.3 is 6.03 Å². The first-order valence-corrected chi connectivity index (χ1v) is 21.0. The Labute approximate surface area is 352 Å². The molecule has 58 heavy (non-hydrogen) atoms. The van der Waals surface area contributed by atoms with E-state index >= 15 is 4.79 Å². The summed E-state index contributed by atoms with van der Waals surface area (Å²) in [6, 6.07) is 27.1. The number of urea groups is 1. The summed E-state index contributed by atoms with van der Waals surface area (Å²) in [5.74, 6) is -0.252. The standard InChI is InChI=1S/C46H42Cl3N7O2/c1-27-8-7-19-56-43(33-13-12-30(47)24-35(33)49)34-23-31(48)25-37-40(34)41(44(56)39(27)29-9-3-2-4-10-29)42(52-37)45(57)53-36-22-28(26-50)11-14-38(36)54-20-15-32(16-21-54)51-46(58)55-17-5-6-18-55/h2-4,7,9-14,19,22-25,27,32,43,52H,5-6,8,15-18,20-21H2,1H3,(H,51,58)(H,53,57). The van der Waals surface area contributed by atoms with Gasteiger partial charge in [-0.25, -0.2) is 4.79 Å². The number of hydrogen-bond acceptors (Lipinski definition) is 5. The van der Waals surface area contributed by atoms with E-state index in [1.165, 1.54) is 0 Å². The maximum absolute atomic E-state index is 15.0. The highest BCUT2D eigenvalue weighted by Crippen LogP contribution is 2.53. The molecule has 0 aliphatic carbocycles. The van der Waals surface area contributed by atoms with Crippen LogP contribution in [0.4, 0.5) is 16.2 Å². The van der Waals surface area contributed by atoms with Crippen molar-refractivity contribution in [2.24, 2.45) is 5.92 Å². The summed E-state index contributed by atoms with van der Waals surface area (Å²) in [6.45, 7) is 5.19. The largest absolute Gasteiger partial charge is 0.370 e. The molecule has 3 amide bonds. The van der Waals surface area contributed by atoms with Gasteiger partial charge < -0.3 is 30.3 Å². The lowest BCUT2D eigenvalue weighted by Gasteiger charge is -2.39. The van der Waals surface area contributed by atoms with Crippen LogP contribution in [0.25, 0.3) is 22.2 Å². The normalized spacial score (nSPS) is 19.3. The third-order valence-corrected chi connectivity index (χ3v) is 12.7. The van der Waals surface area contributed by atoms with Gasteiger partial charge in [0, 0.05) is 70.0 Å². The summed E-state index contributed by atoms with van der Waals surface area (Å²) in [5.41, 5.74) is 8.48. The number of aromatic nitrogens is 1. The number of hydrogen-bond donors (Lipinski definition) is 3. The number of nitrogens with one attached hydrogen (secondary N) is 3. The number of anilines is 2. The van der Waals surface area contributed by atoms with E-state index in [1.807, 2.05) is 53.4 Å². The molecule has 0 saturated carbocycles. The number of nitriles is 1. The lowest BCUT2D eigenvalue weighted by Crippen LogP contribution is -2.48. The van der Waals surface area contributed by atoms with Crippen LogP contribution < -0.4 is 15.5 Å². The Morgan fingerprint density at radius 2 is 1.66 bits per heavy atom. The van der Waals surface area contributed by atoms with Gasteiger partial charge in [0.25, 0.3) is 5.91 Å². The molecule has 2 atom stereocenters. The number of fused-ring (bicyclic) bond motifs is 2. The molecule has 9 rings (SSSR count). The first-order chi connectivity index (χ1) is 28.2. The summed E-state index contributed by atoms with van der Waals surface area (Å²) >= 11 is 20.3. The molecule has 0 bridgehead atoms. The zero-order chi connectivity index (χ0) is 40.1. The van der Waals surface area contributed by atoms with Gasteiger partial charge in [0.2, 0.25) is 0 Å². The molecule has 9 nitrogen and oxygen atoms in total. The first-order valence-electron chi connectivity index (χ1n) is 19.9. The van der Waals surface area contributed by atoms with Crippen molar-refractivity contribution in [2.45, 2.75) is 51.1 Å². The molecule has 5 aromatic rings. The number of H-pyrrole nitrogens is 1. The van der Waals surface area contributed by atoms with Gasteiger partial charge in [-0.3, -0.25) is 4.79 Å². The van der Waals surface area contributed by atoms with Gasteiger partial charge in [-0.15, -0.1) is 0 Å². The number of carbonyl (C=O) groups is 2. The maximum atomic E-state index is 15.0. The van der Waals surface area contributed by atoms with Gasteiger partial charge in [0.1, 0.15) is 5.69 Å². The first kappa shape index (κ1) is 38.1. The Morgan fingerprint density at radius 1 is 0.879 bits per heavy atom. The Kier molecular flexibility index (Phi) is 10.4. The molecule has 294 valence electrons. The second-order valence-electron chi connectivity index (χ2n) is 15.6. The summed E-state index contributed by atoms with van der Waals surface area (Å²) in [6.07, 6.45) is 8.68. The minimum absolute atomic E-state index is 0.0132. The molecule has 0 radical (unpaired) electrons. The van der Waals surface area contributed by atoms with E-state index in [4.69, 9.17) is 34.8 Å². The summed E-state index contributed by atoms with van der Waals surface area (Å²) in [5, 5.41) is 18.9. The van der Waals surface area contributed by atoms with Crippen molar-refractivity contribution in [3.05, 3.63) is 140 Å². The Morgan fingerprint density at radius 3 is 2.40 bits per heavy atom. The van der Waals surface area contributed by atoms with E-state index in [-0.39, 0.29) is 29.9 Å². The predicted molar refractivity (Wildman–Crippen MR) is 233 cm³/mol. The number of rotatable bonds is 6. The fourth-order valence-electron chi connectivity index (χ4n) is 9.22. The number of aromatic amines is 1. The topological polar surface area (TPSA) is 108 Å².